The molecule has 0 unspecified atom stereocenters. The van der Waals surface area contributed by atoms with Gasteiger partial charge in [-0.3, -0.25) is 9.59 Å². The second kappa shape index (κ2) is 5.35. The summed E-state index contributed by atoms with van der Waals surface area (Å²) in [6.45, 7) is 6.97. The smallest absolute Gasteiger partial charge is 0.310 e. The molecule has 0 amide bonds. The molecule has 0 aliphatic heterocycles. The minimum atomic E-state index is -1.23. The zero-order valence-electron chi connectivity index (χ0n) is 12.9. The number of rotatable bonds is 4. The molecule has 0 aromatic rings. The van der Waals surface area contributed by atoms with Crippen LogP contribution in [0.4, 0.5) is 0 Å². The molecule has 20 heavy (non-hydrogen) atoms. The predicted molar refractivity (Wildman–Crippen MR) is 78.8 cm³/mol. The van der Waals surface area contributed by atoms with E-state index in [9.17, 15) is 9.59 Å². The Balaban J connectivity index is 2.28. The van der Waals surface area contributed by atoms with Crippen molar-refractivity contribution < 1.29 is 19.1 Å². The molecule has 0 radical (unpaired) electrons. The van der Waals surface area contributed by atoms with Gasteiger partial charge < -0.3 is 9.47 Å². The number of ether oxygens (including phenoxy) is 2. The van der Waals surface area contributed by atoms with Gasteiger partial charge in [0.15, 0.2) is 0 Å². The van der Waals surface area contributed by atoms with Crippen LogP contribution in [-0.2, 0) is 19.1 Å². The molecule has 2 rings (SSSR count). The molecule has 0 N–H and O–H groups in total. The maximum absolute atomic E-state index is 12.1. The van der Waals surface area contributed by atoms with Gasteiger partial charge in [-0.25, -0.2) is 0 Å². The summed E-state index contributed by atoms with van der Waals surface area (Å²) >= 11 is 0. The molecule has 5 heteroatoms. The Morgan fingerprint density at radius 2 is 1.70 bits per heavy atom. The monoisotopic (exact) mass is 296 g/mol. The van der Waals surface area contributed by atoms with Crippen molar-refractivity contribution in [2.75, 3.05) is 14.2 Å². The number of hydrogen-bond acceptors (Lipinski definition) is 4. The molecule has 4 nitrogen and oxygen atoms in total. The standard InChI is InChI=1S/C15H24O4Si/c1-18-14(16)12-9-6-10(8-20(3,4)5)11(7-9)13(12)15(17)19-2/h6,9,11-13H,7-8H2,1-5H3/t9-,11-,12+,13+/m1/s1. The summed E-state index contributed by atoms with van der Waals surface area (Å²) in [5, 5.41) is 0. The van der Waals surface area contributed by atoms with Gasteiger partial charge in [0.1, 0.15) is 0 Å². The summed E-state index contributed by atoms with van der Waals surface area (Å²) < 4.78 is 9.81. The van der Waals surface area contributed by atoms with E-state index in [1.54, 1.807) is 0 Å². The van der Waals surface area contributed by atoms with Crippen LogP contribution >= 0.6 is 0 Å². The van der Waals surface area contributed by atoms with E-state index in [0.29, 0.717) is 0 Å². The Morgan fingerprint density at radius 1 is 1.15 bits per heavy atom. The van der Waals surface area contributed by atoms with E-state index in [1.807, 2.05) is 0 Å². The Kier molecular flexibility index (Phi) is 4.09. The maximum Gasteiger partial charge on any atom is 0.310 e. The van der Waals surface area contributed by atoms with Crippen LogP contribution in [0.3, 0.4) is 0 Å². The largest absolute Gasteiger partial charge is 0.469 e. The van der Waals surface area contributed by atoms with Crippen molar-refractivity contribution in [2.24, 2.45) is 23.7 Å². The minimum absolute atomic E-state index is 0.142. The quantitative estimate of drug-likeness (QED) is 0.454. The van der Waals surface area contributed by atoms with Crippen molar-refractivity contribution in [1.29, 1.82) is 0 Å². The fourth-order valence-corrected chi connectivity index (χ4v) is 5.37. The highest BCUT2D eigenvalue weighted by molar-refractivity contribution is 6.76. The van der Waals surface area contributed by atoms with Crippen LogP contribution in [0.25, 0.3) is 0 Å². The lowest BCUT2D eigenvalue weighted by Gasteiger charge is -2.29. The zero-order valence-corrected chi connectivity index (χ0v) is 13.9. The van der Waals surface area contributed by atoms with Crippen molar-refractivity contribution in [3.63, 3.8) is 0 Å². The van der Waals surface area contributed by atoms with Gasteiger partial charge in [0.2, 0.25) is 0 Å². The molecule has 112 valence electrons. The molecule has 1 saturated carbocycles. The lowest BCUT2D eigenvalue weighted by atomic mass is 9.80. The van der Waals surface area contributed by atoms with Gasteiger partial charge in [-0.1, -0.05) is 31.3 Å². The predicted octanol–water partition coefficient (Wildman–Crippen LogP) is 2.48. The molecule has 1 fully saturated rings. The van der Waals surface area contributed by atoms with Crippen molar-refractivity contribution in [3.8, 4) is 0 Å². The number of fused-ring (bicyclic) bond motifs is 2. The van der Waals surface area contributed by atoms with E-state index in [0.717, 1.165) is 12.5 Å². The maximum atomic E-state index is 12.1. The number of methoxy groups -OCH3 is 2. The topological polar surface area (TPSA) is 52.6 Å². The lowest BCUT2D eigenvalue weighted by Crippen LogP contribution is -2.37. The lowest BCUT2D eigenvalue weighted by molar-refractivity contribution is -0.158. The summed E-state index contributed by atoms with van der Waals surface area (Å²) in [5.41, 5.74) is 1.37. The van der Waals surface area contributed by atoms with Crippen LogP contribution in [0.1, 0.15) is 6.42 Å². The molecule has 0 heterocycles. The third-order valence-electron chi connectivity index (χ3n) is 4.39. The Morgan fingerprint density at radius 3 is 2.20 bits per heavy atom. The van der Waals surface area contributed by atoms with Gasteiger partial charge >= 0.3 is 11.9 Å². The minimum Gasteiger partial charge on any atom is -0.469 e. The molecule has 0 saturated heterocycles. The number of esters is 2. The first kappa shape index (κ1) is 15.3. The highest BCUT2D eigenvalue weighted by atomic mass is 28.3. The summed E-state index contributed by atoms with van der Waals surface area (Å²) in [7, 11) is 1.55. The molecule has 2 bridgehead atoms. The summed E-state index contributed by atoms with van der Waals surface area (Å²) in [6.07, 6.45) is 3.11. The number of carbonyl (C=O) groups excluding carboxylic acids is 2. The number of carbonyl (C=O) groups is 2. The first-order valence-electron chi connectivity index (χ1n) is 7.14. The van der Waals surface area contributed by atoms with Crippen LogP contribution in [-0.4, -0.2) is 34.2 Å². The average Bonchev–Trinajstić information content (AvgIpc) is 2.91. The van der Waals surface area contributed by atoms with Crippen molar-refractivity contribution in [2.45, 2.75) is 32.1 Å². The molecule has 0 aromatic heterocycles. The first-order valence-corrected chi connectivity index (χ1v) is 10.9. The van der Waals surface area contributed by atoms with E-state index in [1.165, 1.54) is 19.8 Å². The van der Waals surface area contributed by atoms with Crippen LogP contribution in [0, 0.1) is 23.7 Å². The van der Waals surface area contributed by atoms with Gasteiger partial charge in [-0.05, 0) is 24.3 Å². The summed E-state index contributed by atoms with van der Waals surface area (Å²) in [5.74, 6) is -0.951. The second-order valence-corrected chi connectivity index (χ2v) is 12.6. The van der Waals surface area contributed by atoms with E-state index in [-0.39, 0.29) is 35.6 Å². The van der Waals surface area contributed by atoms with Crippen molar-refractivity contribution in [3.05, 3.63) is 11.6 Å². The van der Waals surface area contributed by atoms with Crippen LogP contribution in [0.5, 0.6) is 0 Å². The Bertz CT molecular complexity index is 449. The Labute approximate surface area is 121 Å². The van der Waals surface area contributed by atoms with Gasteiger partial charge in [0, 0.05) is 8.07 Å². The molecule has 0 spiro atoms. The Hall–Kier alpha value is -1.10. The highest BCUT2D eigenvalue weighted by Crippen LogP contribution is 2.54. The zero-order chi connectivity index (χ0) is 15.1. The van der Waals surface area contributed by atoms with E-state index in [4.69, 9.17) is 9.47 Å². The molecule has 4 atom stereocenters. The van der Waals surface area contributed by atoms with Crippen LogP contribution in [0.15, 0.2) is 11.6 Å². The van der Waals surface area contributed by atoms with Crippen LogP contribution < -0.4 is 0 Å². The first-order chi connectivity index (χ1) is 9.28. The van der Waals surface area contributed by atoms with Gasteiger partial charge in [0.05, 0.1) is 26.1 Å². The molecule has 2 aliphatic carbocycles. The van der Waals surface area contributed by atoms with E-state index >= 15 is 0 Å². The highest BCUT2D eigenvalue weighted by Gasteiger charge is 2.55. The van der Waals surface area contributed by atoms with Gasteiger partial charge in [-0.15, -0.1) is 0 Å². The summed E-state index contributed by atoms with van der Waals surface area (Å²) in [6, 6.07) is 1.09. The fourth-order valence-electron chi connectivity index (χ4n) is 3.76. The normalized spacial score (nSPS) is 31.9. The average molecular weight is 296 g/mol. The van der Waals surface area contributed by atoms with E-state index < -0.39 is 8.07 Å². The molecule has 2 aliphatic rings. The van der Waals surface area contributed by atoms with Crippen molar-refractivity contribution >= 4 is 20.0 Å². The third-order valence-corrected chi connectivity index (χ3v) is 5.86. The van der Waals surface area contributed by atoms with Gasteiger partial charge in [-0.2, -0.15) is 0 Å². The molecular weight excluding hydrogens is 272 g/mol. The third kappa shape index (κ3) is 2.68. The fraction of sp³-hybridized carbons (Fsp3) is 0.733. The number of hydrogen-bond donors (Lipinski definition) is 0. The van der Waals surface area contributed by atoms with Gasteiger partial charge in [0.25, 0.3) is 0 Å². The summed E-state index contributed by atoms with van der Waals surface area (Å²) in [4.78, 5) is 24.1. The van der Waals surface area contributed by atoms with Crippen molar-refractivity contribution in [1.82, 2.24) is 0 Å². The second-order valence-electron chi connectivity index (χ2n) is 7.08. The number of allylic oxidation sites excluding steroid dienone is 2. The molecular formula is C15H24O4Si. The van der Waals surface area contributed by atoms with E-state index in [2.05, 4.69) is 25.7 Å². The molecule has 0 aromatic carbocycles. The van der Waals surface area contributed by atoms with Crippen LogP contribution in [0.2, 0.25) is 25.7 Å². The SMILES string of the molecule is COC(=O)[C@@H]1[C@@H](C(=O)OC)[C@@H]2C[C@H]1C=C2C[Si](C)(C)C.